The van der Waals surface area contributed by atoms with E-state index in [9.17, 15) is 0 Å². The van der Waals surface area contributed by atoms with Crippen LogP contribution in [0.15, 0.2) is 47.5 Å². The lowest BCUT2D eigenvalue weighted by molar-refractivity contribution is 0.803. The molecule has 0 aromatic heterocycles. The molecule has 1 aliphatic rings. The minimum absolute atomic E-state index is 0.770. The fourth-order valence-electron chi connectivity index (χ4n) is 2.82. The summed E-state index contributed by atoms with van der Waals surface area (Å²) in [5.41, 5.74) is 6.21. The van der Waals surface area contributed by atoms with E-state index in [0.29, 0.717) is 0 Å². The largest absolute Gasteiger partial charge is 0.318 e. The Kier molecular flexibility index (Phi) is 4.37. The van der Waals surface area contributed by atoms with Gasteiger partial charge in [0, 0.05) is 22.7 Å². The van der Waals surface area contributed by atoms with Crippen LogP contribution in [-0.2, 0) is 12.8 Å². The second-order valence-electron chi connectivity index (χ2n) is 5.29. The van der Waals surface area contributed by atoms with Gasteiger partial charge in [-0.3, -0.25) is 4.99 Å². The number of nitrogens with one attached hydrogen (secondary N) is 1. The average molecular weight is 299 g/mol. The Morgan fingerprint density at radius 3 is 2.62 bits per heavy atom. The van der Waals surface area contributed by atoms with Crippen LogP contribution in [0.5, 0.6) is 0 Å². The Balaban J connectivity index is 2.14. The number of rotatable bonds is 3. The Morgan fingerprint density at radius 2 is 1.81 bits per heavy atom. The van der Waals surface area contributed by atoms with Crippen LogP contribution in [0.4, 0.5) is 0 Å². The first kappa shape index (κ1) is 14.3. The molecule has 0 saturated carbocycles. The molecule has 108 valence electrons. The predicted octanol–water partition coefficient (Wildman–Crippen LogP) is 3.50. The number of likely N-dealkylation sites (N-methyl/N-ethyl adjacent to an activating group) is 1. The van der Waals surface area contributed by atoms with Crippen molar-refractivity contribution in [2.24, 2.45) is 4.99 Å². The molecule has 3 rings (SSSR count). The van der Waals surface area contributed by atoms with Gasteiger partial charge in [0.1, 0.15) is 0 Å². The van der Waals surface area contributed by atoms with Gasteiger partial charge in [-0.1, -0.05) is 41.9 Å². The predicted molar refractivity (Wildman–Crippen MR) is 89.7 cm³/mol. The van der Waals surface area contributed by atoms with Crippen LogP contribution in [0.1, 0.15) is 22.3 Å². The normalized spacial score (nSPS) is 15.4. The van der Waals surface area contributed by atoms with Crippen molar-refractivity contribution in [3.63, 3.8) is 0 Å². The minimum atomic E-state index is 0.770. The summed E-state index contributed by atoms with van der Waals surface area (Å²) < 4.78 is 0. The van der Waals surface area contributed by atoms with Crippen molar-refractivity contribution in [3.05, 3.63) is 69.7 Å². The summed E-state index contributed by atoms with van der Waals surface area (Å²) in [5.74, 6) is 0. The molecule has 0 radical (unpaired) electrons. The summed E-state index contributed by atoms with van der Waals surface area (Å²) in [6.07, 6.45) is 2.09. The molecule has 1 N–H and O–H groups in total. The smallest absolute Gasteiger partial charge is 0.0725 e. The molecular weight excluding hydrogens is 280 g/mol. The van der Waals surface area contributed by atoms with Gasteiger partial charge in [-0.15, -0.1) is 0 Å². The highest BCUT2D eigenvalue weighted by Gasteiger charge is 2.19. The molecule has 2 nitrogen and oxygen atoms in total. The maximum Gasteiger partial charge on any atom is 0.0725 e. The van der Waals surface area contributed by atoms with E-state index >= 15 is 0 Å². The molecule has 0 aliphatic heterocycles. The highest BCUT2D eigenvalue weighted by molar-refractivity contribution is 6.31. The van der Waals surface area contributed by atoms with Crippen LogP contribution in [0.25, 0.3) is 0 Å². The number of halogens is 1. The summed E-state index contributed by atoms with van der Waals surface area (Å²) in [6, 6.07) is 14.7. The number of hydrogen-bond donors (Lipinski definition) is 1. The molecule has 0 unspecified atom stereocenters. The SMILES string of the molecule is CNCC/N=C1/c2ccccc2CCc2ccc(Cl)cc21. The molecule has 2 aromatic rings. The second kappa shape index (κ2) is 6.42. The van der Waals surface area contributed by atoms with Crippen molar-refractivity contribution >= 4 is 17.3 Å². The van der Waals surface area contributed by atoms with Gasteiger partial charge < -0.3 is 5.32 Å². The third kappa shape index (κ3) is 3.02. The molecular formula is C18H19ClN2. The van der Waals surface area contributed by atoms with E-state index in [1.54, 1.807) is 0 Å². The van der Waals surface area contributed by atoms with Gasteiger partial charge >= 0.3 is 0 Å². The van der Waals surface area contributed by atoms with E-state index in [0.717, 1.165) is 36.7 Å². The molecule has 0 atom stereocenters. The first-order valence-corrected chi connectivity index (χ1v) is 7.73. The van der Waals surface area contributed by atoms with Crippen LogP contribution in [0, 0.1) is 0 Å². The van der Waals surface area contributed by atoms with E-state index in [-0.39, 0.29) is 0 Å². The lowest BCUT2D eigenvalue weighted by Crippen LogP contribution is -2.14. The van der Waals surface area contributed by atoms with Crippen molar-refractivity contribution < 1.29 is 0 Å². The van der Waals surface area contributed by atoms with E-state index < -0.39 is 0 Å². The lowest BCUT2D eigenvalue weighted by atomic mass is 9.98. The Hall–Kier alpha value is -1.64. The fourth-order valence-corrected chi connectivity index (χ4v) is 2.99. The highest BCUT2D eigenvalue weighted by atomic mass is 35.5. The number of benzene rings is 2. The van der Waals surface area contributed by atoms with Crippen molar-refractivity contribution in [1.82, 2.24) is 5.32 Å². The quantitative estimate of drug-likeness (QED) is 0.862. The molecule has 0 fully saturated rings. The number of aliphatic imine (C=N–C) groups is 1. The number of nitrogens with zero attached hydrogens (tertiary/aromatic N) is 1. The third-order valence-electron chi connectivity index (χ3n) is 3.89. The summed E-state index contributed by atoms with van der Waals surface area (Å²) in [5, 5.41) is 3.92. The van der Waals surface area contributed by atoms with Crippen molar-refractivity contribution in [2.45, 2.75) is 12.8 Å². The standard InChI is InChI=1S/C18H19ClN2/c1-20-10-11-21-18-16-5-3-2-4-13(16)6-7-14-8-9-15(19)12-17(14)18/h2-5,8-9,12,20H,6-7,10-11H2,1H3/b21-18-. The van der Waals surface area contributed by atoms with Crippen LogP contribution in [0.2, 0.25) is 5.02 Å². The minimum Gasteiger partial charge on any atom is -0.318 e. The van der Waals surface area contributed by atoms with Crippen molar-refractivity contribution in [3.8, 4) is 0 Å². The maximum atomic E-state index is 6.22. The van der Waals surface area contributed by atoms with Gasteiger partial charge in [0.05, 0.1) is 12.3 Å². The third-order valence-corrected chi connectivity index (χ3v) is 4.13. The van der Waals surface area contributed by atoms with Gasteiger partial charge in [-0.05, 0) is 43.1 Å². The summed E-state index contributed by atoms with van der Waals surface area (Å²) in [6.45, 7) is 1.65. The molecule has 21 heavy (non-hydrogen) atoms. The molecule has 0 amide bonds. The first-order valence-electron chi connectivity index (χ1n) is 7.35. The van der Waals surface area contributed by atoms with E-state index in [4.69, 9.17) is 16.6 Å². The van der Waals surface area contributed by atoms with Crippen LogP contribution in [-0.4, -0.2) is 25.8 Å². The highest BCUT2D eigenvalue weighted by Crippen LogP contribution is 2.27. The van der Waals surface area contributed by atoms with Crippen LogP contribution >= 0.6 is 11.6 Å². The van der Waals surface area contributed by atoms with E-state index in [1.807, 2.05) is 13.1 Å². The zero-order valence-corrected chi connectivity index (χ0v) is 13.0. The first-order chi connectivity index (χ1) is 10.3. The Morgan fingerprint density at radius 1 is 1.05 bits per heavy atom. The van der Waals surface area contributed by atoms with Crippen molar-refractivity contribution in [1.29, 1.82) is 0 Å². The summed E-state index contributed by atoms with van der Waals surface area (Å²) >= 11 is 6.22. The Bertz CT molecular complexity index is 677. The van der Waals surface area contributed by atoms with Gasteiger partial charge in [0.25, 0.3) is 0 Å². The average Bonchev–Trinajstić information content (AvgIpc) is 2.65. The van der Waals surface area contributed by atoms with E-state index in [1.165, 1.54) is 22.3 Å². The Labute approximate surface area is 130 Å². The van der Waals surface area contributed by atoms with Crippen molar-refractivity contribution in [2.75, 3.05) is 20.1 Å². The number of aryl methyl sites for hydroxylation is 2. The van der Waals surface area contributed by atoms with Gasteiger partial charge in [0.15, 0.2) is 0 Å². The topological polar surface area (TPSA) is 24.4 Å². The molecule has 2 aromatic carbocycles. The van der Waals surface area contributed by atoms with Crippen LogP contribution < -0.4 is 5.32 Å². The summed E-state index contributed by atoms with van der Waals surface area (Å²) in [4.78, 5) is 4.85. The fraction of sp³-hybridized carbons (Fsp3) is 0.278. The van der Waals surface area contributed by atoms with Gasteiger partial charge in [-0.25, -0.2) is 0 Å². The number of fused-ring (bicyclic) bond motifs is 2. The molecule has 0 spiro atoms. The van der Waals surface area contributed by atoms with Gasteiger partial charge in [0.2, 0.25) is 0 Å². The molecule has 3 heteroatoms. The second-order valence-corrected chi connectivity index (χ2v) is 5.73. The monoisotopic (exact) mass is 298 g/mol. The summed E-state index contributed by atoms with van der Waals surface area (Å²) in [7, 11) is 1.95. The molecule has 0 heterocycles. The van der Waals surface area contributed by atoms with E-state index in [2.05, 4.69) is 41.7 Å². The van der Waals surface area contributed by atoms with Crippen LogP contribution in [0.3, 0.4) is 0 Å². The van der Waals surface area contributed by atoms with Gasteiger partial charge in [-0.2, -0.15) is 0 Å². The molecule has 0 saturated heterocycles. The zero-order chi connectivity index (χ0) is 14.7. The zero-order valence-electron chi connectivity index (χ0n) is 12.2. The molecule has 0 bridgehead atoms. The molecule has 1 aliphatic carbocycles. The number of hydrogen-bond acceptors (Lipinski definition) is 2. The lowest BCUT2D eigenvalue weighted by Gasteiger charge is -2.11. The maximum absolute atomic E-state index is 6.22.